The minimum absolute atomic E-state index is 0. The van der Waals surface area contributed by atoms with Crippen LogP contribution in [0.25, 0.3) is 0 Å². The molecule has 0 aliphatic carbocycles. The lowest BCUT2D eigenvalue weighted by atomic mass is 10.1. The molecule has 0 radical (unpaired) electrons. The number of benzene rings is 1. The van der Waals surface area contributed by atoms with Crippen LogP contribution in [-0.2, 0) is 4.79 Å². The topological polar surface area (TPSA) is 55.1 Å². The van der Waals surface area contributed by atoms with Crippen LogP contribution in [-0.4, -0.2) is 11.9 Å². The molecule has 1 aromatic rings. The number of aryl methyl sites for hydroxylation is 1. The molecule has 0 aliphatic rings. The number of nitrogens with one attached hydrogen (secondary N) is 1. The largest absolute Gasteiger partial charge is 0.328 e. The van der Waals surface area contributed by atoms with E-state index in [-0.39, 0.29) is 24.4 Å². The summed E-state index contributed by atoms with van der Waals surface area (Å²) in [5, 5.41) is 2.89. The summed E-state index contributed by atoms with van der Waals surface area (Å²) in [4.78, 5) is 11.6. The summed E-state index contributed by atoms with van der Waals surface area (Å²) in [5.41, 5.74) is 7.57. The summed E-state index contributed by atoms with van der Waals surface area (Å²) < 4.78 is 1.17. The van der Waals surface area contributed by atoms with Crippen LogP contribution in [0.2, 0.25) is 0 Å². The van der Waals surface area contributed by atoms with Crippen molar-refractivity contribution in [3.8, 4) is 0 Å². The van der Waals surface area contributed by atoms with Crippen LogP contribution in [0.15, 0.2) is 18.2 Å². The molecule has 17 heavy (non-hydrogen) atoms. The molecule has 96 valence electrons. The summed E-state index contributed by atoms with van der Waals surface area (Å²) in [6.45, 7) is 3.90. The molecule has 0 aliphatic heterocycles. The predicted octanol–water partition coefficient (Wildman–Crippen LogP) is 3.09. The Balaban J connectivity index is 0.00000256. The third-order valence-electron chi connectivity index (χ3n) is 2.29. The zero-order chi connectivity index (χ0) is 12.1. The Morgan fingerprint density at radius 3 is 2.71 bits per heavy atom. The van der Waals surface area contributed by atoms with E-state index in [9.17, 15) is 4.79 Å². The zero-order valence-electron chi connectivity index (χ0n) is 10.00. The van der Waals surface area contributed by atoms with Gasteiger partial charge in [-0.3, -0.25) is 4.79 Å². The van der Waals surface area contributed by atoms with E-state index < -0.39 is 0 Å². The maximum absolute atomic E-state index is 11.6. The molecule has 3 nitrogen and oxygen atoms in total. The van der Waals surface area contributed by atoms with Gasteiger partial charge in [-0.2, -0.15) is 0 Å². The first-order valence-corrected chi connectivity index (χ1v) is 6.38. The fourth-order valence-electron chi connectivity index (χ4n) is 1.34. The Labute approximate surface area is 122 Å². The van der Waals surface area contributed by atoms with Crippen LogP contribution < -0.4 is 11.1 Å². The second kappa shape index (κ2) is 7.89. The Morgan fingerprint density at radius 1 is 1.53 bits per heavy atom. The zero-order valence-corrected chi connectivity index (χ0v) is 13.0. The van der Waals surface area contributed by atoms with Crippen molar-refractivity contribution in [2.75, 3.05) is 5.32 Å². The molecule has 1 aromatic carbocycles. The maximum Gasteiger partial charge on any atom is 0.224 e. The molecule has 3 N–H and O–H groups in total. The van der Waals surface area contributed by atoms with Gasteiger partial charge in [0.2, 0.25) is 5.91 Å². The van der Waals surface area contributed by atoms with Crippen LogP contribution in [0.5, 0.6) is 0 Å². The highest BCUT2D eigenvalue weighted by molar-refractivity contribution is 14.1. The highest BCUT2D eigenvalue weighted by atomic mass is 127. The maximum atomic E-state index is 11.6. The van der Waals surface area contributed by atoms with E-state index in [0.717, 1.165) is 17.7 Å². The van der Waals surface area contributed by atoms with Crippen LogP contribution in [0.3, 0.4) is 0 Å². The van der Waals surface area contributed by atoms with Gasteiger partial charge in [-0.25, -0.2) is 0 Å². The fraction of sp³-hybridized carbons (Fsp3) is 0.417. The Bertz CT molecular complexity index is 383. The molecule has 0 aromatic heterocycles. The number of anilines is 1. The molecule has 1 amide bonds. The fourth-order valence-corrected chi connectivity index (χ4v) is 1.99. The number of rotatable bonds is 4. The second-order valence-corrected chi connectivity index (χ2v) is 5.27. The summed E-state index contributed by atoms with van der Waals surface area (Å²) in [5.74, 6) is 0.0293. The first-order chi connectivity index (χ1) is 7.49. The van der Waals surface area contributed by atoms with Gasteiger partial charge >= 0.3 is 0 Å². The molecular formula is C12H18ClIN2O. The van der Waals surface area contributed by atoms with E-state index in [1.807, 2.05) is 32.0 Å². The smallest absolute Gasteiger partial charge is 0.224 e. The third kappa shape index (κ3) is 6.24. The second-order valence-electron chi connectivity index (χ2n) is 4.02. The summed E-state index contributed by atoms with van der Waals surface area (Å²) in [6.07, 6.45) is 1.19. The van der Waals surface area contributed by atoms with Crippen molar-refractivity contribution >= 4 is 46.6 Å². The normalized spacial score (nSPS) is 11.5. The molecule has 0 bridgehead atoms. The van der Waals surface area contributed by atoms with Crippen molar-refractivity contribution in [3.63, 3.8) is 0 Å². The number of amides is 1. The standard InChI is InChI=1S/C12H17IN2O.ClH/c1-8-7-10(13)4-5-11(8)15-12(16)6-3-9(2)14;/h4-5,7,9H,3,6,14H2,1-2H3,(H,15,16);1H. The first-order valence-electron chi connectivity index (χ1n) is 5.30. The molecular weight excluding hydrogens is 351 g/mol. The van der Waals surface area contributed by atoms with Crippen LogP contribution in [0.1, 0.15) is 25.3 Å². The number of nitrogens with two attached hydrogens (primary N) is 1. The summed E-state index contributed by atoms with van der Waals surface area (Å²) in [7, 11) is 0. The lowest BCUT2D eigenvalue weighted by Crippen LogP contribution is -2.19. The van der Waals surface area contributed by atoms with Gasteiger partial charge in [0.15, 0.2) is 0 Å². The highest BCUT2D eigenvalue weighted by Gasteiger charge is 2.06. The van der Waals surface area contributed by atoms with Crippen molar-refractivity contribution < 1.29 is 4.79 Å². The monoisotopic (exact) mass is 368 g/mol. The summed E-state index contributed by atoms with van der Waals surface area (Å²) in [6, 6.07) is 6.03. The van der Waals surface area contributed by atoms with Gasteiger partial charge in [-0.15, -0.1) is 12.4 Å². The van der Waals surface area contributed by atoms with E-state index >= 15 is 0 Å². The molecule has 0 fully saturated rings. The minimum atomic E-state index is 0. The number of carbonyl (C=O) groups excluding carboxylic acids is 1. The SMILES string of the molecule is Cc1cc(I)ccc1NC(=O)CCC(C)N.Cl. The number of halogens is 2. The van der Waals surface area contributed by atoms with Gasteiger partial charge in [0, 0.05) is 21.7 Å². The molecule has 0 saturated heterocycles. The Kier molecular flexibility index (Phi) is 7.74. The van der Waals surface area contributed by atoms with E-state index in [1.165, 1.54) is 3.57 Å². The average molecular weight is 369 g/mol. The quantitative estimate of drug-likeness (QED) is 0.803. The van der Waals surface area contributed by atoms with Crippen molar-refractivity contribution in [2.24, 2.45) is 5.73 Å². The van der Waals surface area contributed by atoms with Gasteiger partial charge in [0.25, 0.3) is 0 Å². The summed E-state index contributed by atoms with van der Waals surface area (Å²) >= 11 is 2.25. The highest BCUT2D eigenvalue weighted by Crippen LogP contribution is 2.17. The lowest BCUT2D eigenvalue weighted by molar-refractivity contribution is -0.116. The molecule has 1 unspecified atom stereocenters. The number of hydrogen-bond donors (Lipinski definition) is 2. The van der Waals surface area contributed by atoms with E-state index in [2.05, 4.69) is 27.9 Å². The Hall–Kier alpha value is -0.330. The predicted molar refractivity (Wildman–Crippen MR) is 82.7 cm³/mol. The van der Waals surface area contributed by atoms with Crippen molar-refractivity contribution in [3.05, 3.63) is 27.3 Å². The average Bonchev–Trinajstić information content (AvgIpc) is 2.19. The van der Waals surface area contributed by atoms with Crippen LogP contribution >= 0.6 is 35.0 Å². The van der Waals surface area contributed by atoms with Gasteiger partial charge in [0.1, 0.15) is 0 Å². The molecule has 0 heterocycles. The molecule has 0 saturated carbocycles. The van der Waals surface area contributed by atoms with E-state index in [0.29, 0.717) is 6.42 Å². The van der Waals surface area contributed by atoms with E-state index in [4.69, 9.17) is 5.73 Å². The van der Waals surface area contributed by atoms with Gasteiger partial charge in [-0.05, 0) is 66.6 Å². The molecule has 5 heteroatoms. The molecule has 1 atom stereocenters. The van der Waals surface area contributed by atoms with Crippen molar-refractivity contribution in [1.29, 1.82) is 0 Å². The van der Waals surface area contributed by atoms with E-state index in [1.54, 1.807) is 0 Å². The third-order valence-corrected chi connectivity index (χ3v) is 2.96. The number of carbonyl (C=O) groups is 1. The van der Waals surface area contributed by atoms with Gasteiger partial charge < -0.3 is 11.1 Å². The van der Waals surface area contributed by atoms with Crippen LogP contribution in [0, 0.1) is 10.5 Å². The lowest BCUT2D eigenvalue weighted by Gasteiger charge is -2.09. The van der Waals surface area contributed by atoms with Gasteiger partial charge in [-0.1, -0.05) is 0 Å². The molecule has 0 spiro atoms. The number of hydrogen-bond acceptors (Lipinski definition) is 2. The first kappa shape index (κ1) is 16.7. The Morgan fingerprint density at radius 2 is 2.18 bits per heavy atom. The molecule has 1 rings (SSSR count). The van der Waals surface area contributed by atoms with Crippen LogP contribution in [0.4, 0.5) is 5.69 Å². The minimum Gasteiger partial charge on any atom is -0.328 e. The van der Waals surface area contributed by atoms with Crippen molar-refractivity contribution in [1.82, 2.24) is 0 Å². The van der Waals surface area contributed by atoms with Gasteiger partial charge in [0.05, 0.1) is 0 Å². The van der Waals surface area contributed by atoms with Crippen molar-refractivity contribution in [2.45, 2.75) is 32.7 Å².